The van der Waals surface area contributed by atoms with Crippen molar-refractivity contribution in [3.8, 4) is 11.4 Å². The summed E-state index contributed by atoms with van der Waals surface area (Å²) in [6, 6.07) is 15.2. The number of hydrogen-bond acceptors (Lipinski definition) is 4. The third kappa shape index (κ3) is 5.05. The Hall–Kier alpha value is -4.08. The van der Waals surface area contributed by atoms with Gasteiger partial charge >= 0.3 is 12.1 Å². The van der Waals surface area contributed by atoms with E-state index in [0.717, 1.165) is 16.9 Å². The van der Waals surface area contributed by atoms with Crippen LogP contribution in [0.2, 0.25) is 0 Å². The lowest BCUT2D eigenvalue weighted by Gasteiger charge is -2.11. The predicted octanol–water partition coefficient (Wildman–Crippen LogP) is 4.84. The molecule has 0 aliphatic carbocycles. The Bertz CT molecular complexity index is 1320. The van der Waals surface area contributed by atoms with Crippen molar-refractivity contribution in [2.45, 2.75) is 19.1 Å². The summed E-state index contributed by atoms with van der Waals surface area (Å²) in [6.45, 7) is 0.00125. The van der Waals surface area contributed by atoms with Gasteiger partial charge in [-0.25, -0.2) is 9.18 Å². The van der Waals surface area contributed by atoms with Crippen molar-refractivity contribution in [2.24, 2.45) is 0 Å². The summed E-state index contributed by atoms with van der Waals surface area (Å²) < 4.78 is 53.2. The lowest BCUT2D eigenvalue weighted by molar-refractivity contribution is -0.137. The molecule has 33 heavy (non-hydrogen) atoms. The number of halogens is 4. The zero-order valence-corrected chi connectivity index (χ0v) is 16.9. The molecule has 1 heterocycles. The number of aromatic carboxylic acids is 1. The first-order chi connectivity index (χ1) is 15.7. The van der Waals surface area contributed by atoms with E-state index in [4.69, 9.17) is 0 Å². The van der Waals surface area contributed by atoms with E-state index in [2.05, 4.69) is 15.4 Å². The minimum absolute atomic E-state index is 0.00125. The molecule has 6 nitrogen and oxygen atoms in total. The Kier molecular flexibility index (Phi) is 5.91. The monoisotopic (exact) mass is 456 g/mol. The number of hydrogen-bond donors (Lipinski definition) is 1. The highest BCUT2D eigenvalue weighted by atomic mass is 19.4. The van der Waals surface area contributed by atoms with Crippen LogP contribution in [0.4, 0.5) is 17.6 Å². The molecule has 0 radical (unpaired) electrons. The molecule has 0 amide bonds. The maximum atomic E-state index is 13.9. The number of carbonyl (C=O) groups is 1. The van der Waals surface area contributed by atoms with Crippen molar-refractivity contribution in [3.05, 3.63) is 100 Å². The van der Waals surface area contributed by atoms with E-state index in [-0.39, 0.29) is 24.4 Å². The molecule has 0 atom stereocenters. The molecule has 0 aliphatic heterocycles. The second kappa shape index (κ2) is 8.81. The number of tetrazole rings is 1. The van der Waals surface area contributed by atoms with Gasteiger partial charge in [0.2, 0.25) is 5.82 Å². The normalized spacial score (nSPS) is 11.5. The third-order valence-corrected chi connectivity index (χ3v) is 4.97. The Morgan fingerprint density at radius 2 is 1.76 bits per heavy atom. The minimum Gasteiger partial charge on any atom is -0.478 e. The molecule has 0 aliphatic rings. The Morgan fingerprint density at radius 1 is 0.970 bits per heavy atom. The van der Waals surface area contributed by atoms with Gasteiger partial charge in [-0.2, -0.15) is 18.0 Å². The average molecular weight is 456 g/mol. The van der Waals surface area contributed by atoms with Crippen molar-refractivity contribution in [3.63, 3.8) is 0 Å². The van der Waals surface area contributed by atoms with Gasteiger partial charge in [-0.15, -0.1) is 10.2 Å². The van der Waals surface area contributed by atoms with Crippen LogP contribution in [0.3, 0.4) is 0 Å². The summed E-state index contributed by atoms with van der Waals surface area (Å²) in [4.78, 5) is 12.6. The standard InChI is InChI=1S/C23H16F4N4O2/c24-20-7-2-1-5-17(20)13-31-29-21(28-30-31)19-12-16(22(32)33)9-8-15(19)10-14-4-3-6-18(11-14)23(25,26)27/h1-9,11-12H,10,13H2,(H,32,33). The van der Waals surface area contributed by atoms with Crippen LogP contribution >= 0.6 is 0 Å². The molecule has 0 spiro atoms. The second-order valence-corrected chi connectivity index (χ2v) is 7.29. The van der Waals surface area contributed by atoms with Crippen molar-refractivity contribution in [1.29, 1.82) is 0 Å². The lowest BCUT2D eigenvalue weighted by Crippen LogP contribution is -2.06. The average Bonchev–Trinajstić information content (AvgIpc) is 3.23. The van der Waals surface area contributed by atoms with Gasteiger partial charge in [0.05, 0.1) is 17.7 Å². The second-order valence-electron chi connectivity index (χ2n) is 7.29. The molecule has 3 aromatic carbocycles. The molecule has 0 bridgehead atoms. The summed E-state index contributed by atoms with van der Waals surface area (Å²) in [5, 5.41) is 21.5. The number of nitrogens with zero attached hydrogens (tertiary/aromatic N) is 4. The highest BCUT2D eigenvalue weighted by Crippen LogP contribution is 2.31. The summed E-state index contributed by atoms with van der Waals surface area (Å²) in [6.07, 6.45) is -4.40. The van der Waals surface area contributed by atoms with Gasteiger partial charge in [-0.05, 0) is 47.0 Å². The number of aromatic nitrogens is 4. The maximum Gasteiger partial charge on any atom is 0.416 e. The van der Waals surface area contributed by atoms with E-state index in [1.807, 2.05) is 0 Å². The Balaban J connectivity index is 1.69. The number of rotatable bonds is 6. The fourth-order valence-corrected chi connectivity index (χ4v) is 3.35. The molecule has 4 rings (SSSR count). The van der Waals surface area contributed by atoms with Gasteiger partial charge in [0.1, 0.15) is 5.82 Å². The van der Waals surface area contributed by atoms with Crippen LogP contribution in [-0.4, -0.2) is 31.3 Å². The molecule has 4 aromatic rings. The van der Waals surface area contributed by atoms with Crippen molar-refractivity contribution < 1.29 is 27.5 Å². The Morgan fingerprint density at radius 3 is 2.48 bits per heavy atom. The summed E-state index contributed by atoms with van der Waals surface area (Å²) >= 11 is 0. The van der Waals surface area contributed by atoms with Gasteiger partial charge in [-0.3, -0.25) is 0 Å². The first-order valence-corrected chi connectivity index (χ1v) is 9.74. The van der Waals surface area contributed by atoms with E-state index < -0.39 is 23.5 Å². The lowest BCUT2D eigenvalue weighted by atomic mass is 9.96. The SMILES string of the molecule is O=C(O)c1ccc(Cc2cccc(C(F)(F)F)c2)c(-c2nnn(Cc3ccccc3F)n2)c1. The minimum atomic E-state index is -4.48. The van der Waals surface area contributed by atoms with Crippen molar-refractivity contribution in [2.75, 3.05) is 0 Å². The van der Waals surface area contributed by atoms with Crippen LogP contribution in [0.25, 0.3) is 11.4 Å². The molecule has 0 saturated heterocycles. The third-order valence-electron chi connectivity index (χ3n) is 4.97. The van der Waals surface area contributed by atoms with Gasteiger partial charge in [0, 0.05) is 11.1 Å². The molecule has 0 unspecified atom stereocenters. The highest BCUT2D eigenvalue weighted by Gasteiger charge is 2.30. The first-order valence-electron chi connectivity index (χ1n) is 9.74. The largest absolute Gasteiger partial charge is 0.478 e. The Labute approximate surface area is 185 Å². The van der Waals surface area contributed by atoms with Crippen LogP contribution in [0, 0.1) is 5.82 Å². The van der Waals surface area contributed by atoms with E-state index in [1.54, 1.807) is 24.3 Å². The van der Waals surface area contributed by atoms with E-state index in [9.17, 15) is 27.5 Å². The molecule has 10 heteroatoms. The maximum absolute atomic E-state index is 13.9. The van der Waals surface area contributed by atoms with E-state index >= 15 is 0 Å². The molecular formula is C23H16F4N4O2. The topological polar surface area (TPSA) is 80.9 Å². The molecule has 1 aromatic heterocycles. The van der Waals surface area contributed by atoms with Crippen LogP contribution < -0.4 is 0 Å². The van der Waals surface area contributed by atoms with Crippen molar-refractivity contribution in [1.82, 2.24) is 20.2 Å². The van der Waals surface area contributed by atoms with Gasteiger partial charge in [0.15, 0.2) is 0 Å². The number of alkyl halides is 3. The van der Waals surface area contributed by atoms with E-state index in [0.29, 0.717) is 22.3 Å². The number of carboxylic acid groups (broad SMARTS) is 1. The summed E-state index contributed by atoms with van der Waals surface area (Å²) in [5.74, 6) is -1.54. The van der Waals surface area contributed by atoms with Crippen LogP contribution in [0.1, 0.15) is 32.6 Å². The predicted molar refractivity (Wildman–Crippen MR) is 110 cm³/mol. The zero-order chi connectivity index (χ0) is 23.6. The van der Waals surface area contributed by atoms with Gasteiger partial charge < -0.3 is 5.11 Å². The number of carboxylic acids is 1. The molecule has 168 valence electrons. The van der Waals surface area contributed by atoms with E-state index in [1.165, 1.54) is 30.3 Å². The van der Waals surface area contributed by atoms with Gasteiger partial charge in [-0.1, -0.05) is 42.5 Å². The molecule has 1 N–H and O–H groups in total. The van der Waals surface area contributed by atoms with Crippen LogP contribution in [0.15, 0.2) is 66.7 Å². The van der Waals surface area contributed by atoms with Gasteiger partial charge in [0.25, 0.3) is 0 Å². The smallest absolute Gasteiger partial charge is 0.416 e. The summed E-state index contributed by atoms with van der Waals surface area (Å²) in [5.41, 5.74) is 0.732. The van der Waals surface area contributed by atoms with Crippen LogP contribution in [-0.2, 0) is 19.1 Å². The molecule has 0 fully saturated rings. The highest BCUT2D eigenvalue weighted by molar-refractivity contribution is 5.89. The molecular weight excluding hydrogens is 440 g/mol. The quantitative estimate of drug-likeness (QED) is 0.420. The molecule has 0 saturated carbocycles. The fourth-order valence-electron chi connectivity index (χ4n) is 3.35. The summed E-state index contributed by atoms with van der Waals surface area (Å²) in [7, 11) is 0. The van der Waals surface area contributed by atoms with Crippen molar-refractivity contribution >= 4 is 5.97 Å². The first kappa shape index (κ1) is 22.1. The van der Waals surface area contributed by atoms with Crippen LogP contribution in [0.5, 0.6) is 0 Å². The number of benzene rings is 3. The fraction of sp³-hybridized carbons (Fsp3) is 0.130. The zero-order valence-electron chi connectivity index (χ0n) is 16.9.